The van der Waals surface area contributed by atoms with Gasteiger partial charge in [0.15, 0.2) is 11.5 Å². The Morgan fingerprint density at radius 3 is 2.48 bits per heavy atom. The number of amides is 2. The van der Waals surface area contributed by atoms with E-state index in [9.17, 15) is 14.0 Å². The van der Waals surface area contributed by atoms with Crippen LogP contribution in [0.3, 0.4) is 0 Å². The van der Waals surface area contributed by atoms with E-state index in [-0.39, 0.29) is 30.4 Å². The number of hydrogen-bond donors (Lipinski definition) is 2. The first kappa shape index (κ1) is 20.3. The third-order valence-corrected chi connectivity index (χ3v) is 4.57. The van der Waals surface area contributed by atoms with Gasteiger partial charge >= 0.3 is 0 Å². The molecular formula is C22H22FN3O3. The number of halogens is 1. The summed E-state index contributed by atoms with van der Waals surface area (Å²) in [5.74, 6) is -0.438. The second kappa shape index (κ2) is 9.14. The summed E-state index contributed by atoms with van der Waals surface area (Å²) in [7, 11) is 0. The highest BCUT2D eigenvalue weighted by atomic mass is 19.1. The Balaban J connectivity index is 1.46. The zero-order valence-corrected chi connectivity index (χ0v) is 16.3. The van der Waals surface area contributed by atoms with Crippen LogP contribution in [-0.4, -0.2) is 23.5 Å². The molecule has 0 radical (unpaired) electrons. The molecule has 2 aromatic carbocycles. The average Bonchev–Trinajstić information content (AvgIpc) is 3.20. The molecule has 0 saturated carbocycles. The SMILES string of the molecule is Cc1ccc(-c2cc(C(=O)NCCC(=O)NCc3ccc(F)cc3)no2)cc1C. The summed E-state index contributed by atoms with van der Waals surface area (Å²) in [6.45, 7) is 4.49. The lowest BCUT2D eigenvalue weighted by Gasteiger charge is -2.06. The van der Waals surface area contributed by atoms with Gasteiger partial charge in [-0.05, 0) is 48.7 Å². The fraction of sp³-hybridized carbons (Fsp3) is 0.227. The van der Waals surface area contributed by atoms with Gasteiger partial charge in [-0.2, -0.15) is 0 Å². The molecule has 0 unspecified atom stereocenters. The van der Waals surface area contributed by atoms with Gasteiger partial charge in [-0.1, -0.05) is 29.4 Å². The van der Waals surface area contributed by atoms with Crippen LogP contribution in [0, 0.1) is 19.7 Å². The van der Waals surface area contributed by atoms with Gasteiger partial charge in [0, 0.05) is 31.1 Å². The molecule has 1 heterocycles. The Kier molecular flexibility index (Phi) is 6.39. The zero-order valence-electron chi connectivity index (χ0n) is 16.3. The van der Waals surface area contributed by atoms with Gasteiger partial charge < -0.3 is 15.2 Å². The Morgan fingerprint density at radius 1 is 1.00 bits per heavy atom. The van der Waals surface area contributed by atoms with Crippen LogP contribution in [-0.2, 0) is 11.3 Å². The summed E-state index contributed by atoms with van der Waals surface area (Å²) in [5.41, 5.74) is 4.09. The van der Waals surface area contributed by atoms with Crippen molar-refractivity contribution in [3.8, 4) is 11.3 Å². The van der Waals surface area contributed by atoms with E-state index in [1.807, 2.05) is 32.0 Å². The molecule has 0 aliphatic heterocycles. The molecule has 0 atom stereocenters. The third kappa shape index (κ3) is 5.51. The van der Waals surface area contributed by atoms with Crippen molar-refractivity contribution < 1.29 is 18.5 Å². The summed E-state index contributed by atoms with van der Waals surface area (Å²) in [6.07, 6.45) is 0.120. The lowest BCUT2D eigenvalue weighted by molar-refractivity contribution is -0.121. The molecule has 3 aromatic rings. The molecule has 6 nitrogen and oxygen atoms in total. The minimum absolute atomic E-state index is 0.120. The molecule has 0 aliphatic rings. The Hall–Kier alpha value is -3.48. The van der Waals surface area contributed by atoms with Crippen LogP contribution in [0.15, 0.2) is 53.1 Å². The van der Waals surface area contributed by atoms with Crippen LogP contribution in [0.5, 0.6) is 0 Å². The van der Waals surface area contributed by atoms with Gasteiger partial charge in [0.1, 0.15) is 5.82 Å². The van der Waals surface area contributed by atoms with E-state index in [4.69, 9.17) is 4.52 Å². The first-order valence-electron chi connectivity index (χ1n) is 9.26. The summed E-state index contributed by atoms with van der Waals surface area (Å²) in [5, 5.41) is 9.18. The first-order chi connectivity index (χ1) is 13.9. The number of hydrogen-bond acceptors (Lipinski definition) is 4. The van der Waals surface area contributed by atoms with Crippen molar-refractivity contribution in [2.45, 2.75) is 26.8 Å². The van der Waals surface area contributed by atoms with Crippen LogP contribution in [0.2, 0.25) is 0 Å². The molecule has 0 aliphatic carbocycles. The van der Waals surface area contributed by atoms with E-state index in [1.54, 1.807) is 18.2 Å². The molecular weight excluding hydrogens is 373 g/mol. The minimum atomic E-state index is -0.407. The second-order valence-corrected chi connectivity index (χ2v) is 6.78. The van der Waals surface area contributed by atoms with Gasteiger partial charge in [0.25, 0.3) is 5.91 Å². The maximum Gasteiger partial charge on any atom is 0.273 e. The highest BCUT2D eigenvalue weighted by Crippen LogP contribution is 2.22. The number of carbonyl (C=O) groups excluding carboxylic acids is 2. The summed E-state index contributed by atoms with van der Waals surface area (Å²) in [4.78, 5) is 24.1. The molecule has 2 amide bonds. The van der Waals surface area contributed by atoms with Crippen LogP contribution in [0.4, 0.5) is 4.39 Å². The van der Waals surface area contributed by atoms with E-state index in [0.29, 0.717) is 12.3 Å². The van der Waals surface area contributed by atoms with Gasteiger partial charge in [-0.3, -0.25) is 9.59 Å². The van der Waals surface area contributed by atoms with E-state index in [1.165, 1.54) is 17.7 Å². The highest BCUT2D eigenvalue weighted by Gasteiger charge is 2.14. The lowest BCUT2D eigenvalue weighted by Crippen LogP contribution is -2.30. The van der Waals surface area contributed by atoms with Gasteiger partial charge in [-0.15, -0.1) is 0 Å². The molecule has 7 heteroatoms. The number of benzene rings is 2. The minimum Gasteiger partial charge on any atom is -0.355 e. The smallest absolute Gasteiger partial charge is 0.273 e. The fourth-order valence-electron chi connectivity index (χ4n) is 2.68. The number of aryl methyl sites for hydroxylation is 2. The fourth-order valence-corrected chi connectivity index (χ4v) is 2.68. The van der Waals surface area contributed by atoms with Crippen molar-refractivity contribution in [3.05, 3.63) is 76.7 Å². The van der Waals surface area contributed by atoms with Gasteiger partial charge in [0.2, 0.25) is 5.91 Å². The lowest BCUT2D eigenvalue weighted by atomic mass is 10.0. The molecule has 1 aromatic heterocycles. The monoisotopic (exact) mass is 395 g/mol. The predicted octanol–water partition coefficient (Wildman–Crippen LogP) is 3.53. The molecule has 29 heavy (non-hydrogen) atoms. The van der Waals surface area contributed by atoms with E-state index >= 15 is 0 Å². The molecule has 0 bridgehead atoms. The number of aromatic nitrogens is 1. The number of nitrogens with one attached hydrogen (secondary N) is 2. The molecule has 0 saturated heterocycles. The number of rotatable bonds is 7. The Bertz CT molecular complexity index is 1010. The summed E-state index contributed by atoms with van der Waals surface area (Å²) in [6, 6.07) is 13.3. The normalized spacial score (nSPS) is 10.6. The summed E-state index contributed by atoms with van der Waals surface area (Å²) >= 11 is 0. The molecule has 150 valence electrons. The van der Waals surface area contributed by atoms with Crippen molar-refractivity contribution in [1.82, 2.24) is 15.8 Å². The molecule has 2 N–H and O–H groups in total. The quantitative estimate of drug-likeness (QED) is 0.641. The first-order valence-corrected chi connectivity index (χ1v) is 9.26. The highest BCUT2D eigenvalue weighted by molar-refractivity contribution is 5.93. The van der Waals surface area contributed by atoms with E-state index in [0.717, 1.165) is 16.7 Å². The maximum absolute atomic E-state index is 12.9. The topological polar surface area (TPSA) is 84.2 Å². The Labute approximate surface area is 168 Å². The van der Waals surface area contributed by atoms with Crippen molar-refractivity contribution in [1.29, 1.82) is 0 Å². The largest absolute Gasteiger partial charge is 0.355 e. The van der Waals surface area contributed by atoms with Crippen molar-refractivity contribution >= 4 is 11.8 Å². The van der Waals surface area contributed by atoms with Crippen LogP contribution >= 0.6 is 0 Å². The van der Waals surface area contributed by atoms with E-state index < -0.39 is 5.91 Å². The van der Waals surface area contributed by atoms with Crippen molar-refractivity contribution in [3.63, 3.8) is 0 Å². The van der Waals surface area contributed by atoms with Crippen LogP contribution in [0.1, 0.15) is 33.6 Å². The van der Waals surface area contributed by atoms with Gasteiger partial charge in [-0.25, -0.2) is 4.39 Å². The number of nitrogens with zero attached hydrogens (tertiary/aromatic N) is 1. The van der Waals surface area contributed by atoms with Crippen LogP contribution < -0.4 is 10.6 Å². The van der Waals surface area contributed by atoms with E-state index in [2.05, 4.69) is 15.8 Å². The standard InChI is InChI=1S/C22H22FN3O3/c1-14-3-6-17(11-15(14)2)20-12-19(26-29-20)22(28)24-10-9-21(27)25-13-16-4-7-18(23)8-5-16/h3-8,11-12H,9-10,13H2,1-2H3,(H,24,28)(H,25,27). The van der Waals surface area contributed by atoms with Crippen LogP contribution in [0.25, 0.3) is 11.3 Å². The summed E-state index contributed by atoms with van der Waals surface area (Å²) < 4.78 is 18.1. The number of carbonyl (C=O) groups is 2. The second-order valence-electron chi connectivity index (χ2n) is 6.78. The maximum atomic E-state index is 12.9. The Morgan fingerprint density at radius 2 is 1.76 bits per heavy atom. The predicted molar refractivity (Wildman–Crippen MR) is 107 cm³/mol. The van der Waals surface area contributed by atoms with Crippen molar-refractivity contribution in [2.24, 2.45) is 0 Å². The zero-order chi connectivity index (χ0) is 20.8. The molecule has 0 spiro atoms. The molecule has 0 fully saturated rings. The van der Waals surface area contributed by atoms with Crippen molar-refractivity contribution in [2.75, 3.05) is 6.54 Å². The average molecular weight is 395 g/mol. The molecule has 3 rings (SSSR count). The van der Waals surface area contributed by atoms with Gasteiger partial charge in [0.05, 0.1) is 0 Å². The third-order valence-electron chi connectivity index (χ3n) is 4.57.